The zero-order valence-corrected chi connectivity index (χ0v) is 20.0. The molecule has 34 heavy (non-hydrogen) atoms. The van der Waals surface area contributed by atoms with Gasteiger partial charge in [0.1, 0.15) is 11.6 Å². The van der Waals surface area contributed by atoms with Gasteiger partial charge in [0.2, 0.25) is 0 Å². The van der Waals surface area contributed by atoms with Crippen molar-refractivity contribution in [2.24, 2.45) is 0 Å². The average Bonchev–Trinajstić information content (AvgIpc) is 3.27. The molecule has 1 aliphatic heterocycles. The third-order valence-electron chi connectivity index (χ3n) is 6.40. The Morgan fingerprint density at radius 1 is 0.912 bits per heavy atom. The smallest absolute Gasteiger partial charge is 0.163 e. The SMILES string of the molecule is CC(=O)c1ccc(N2CCN(c3nc(C(C)C)nc4c3cnn4Cc3ccccc3)CC2)cc1. The van der Waals surface area contributed by atoms with Crippen LogP contribution in [0.5, 0.6) is 0 Å². The van der Waals surface area contributed by atoms with Crippen molar-refractivity contribution in [3.05, 3.63) is 77.7 Å². The quantitative estimate of drug-likeness (QED) is 0.399. The van der Waals surface area contributed by atoms with E-state index in [0.717, 1.165) is 60.1 Å². The van der Waals surface area contributed by atoms with Crippen LogP contribution in [0.2, 0.25) is 0 Å². The maximum absolute atomic E-state index is 11.6. The molecular weight excluding hydrogens is 424 g/mol. The molecule has 1 saturated heterocycles. The lowest BCUT2D eigenvalue weighted by Gasteiger charge is -2.37. The Balaban J connectivity index is 1.40. The molecule has 1 aliphatic rings. The number of benzene rings is 2. The molecule has 5 rings (SSSR count). The summed E-state index contributed by atoms with van der Waals surface area (Å²) < 4.78 is 1.98. The van der Waals surface area contributed by atoms with Crippen LogP contribution >= 0.6 is 0 Å². The van der Waals surface area contributed by atoms with Gasteiger partial charge in [0.05, 0.1) is 18.1 Å². The van der Waals surface area contributed by atoms with Gasteiger partial charge in [-0.15, -0.1) is 0 Å². The van der Waals surface area contributed by atoms with E-state index in [-0.39, 0.29) is 11.7 Å². The molecular formula is C27H30N6O. The number of ketones is 1. The fourth-order valence-electron chi connectivity index (χ4n) is 4.41. The van der Waals surface area contributed by atoms with Crippen molar-refractivity contribution in [3.63, 3.8) is 0 Å². The van der Waals surface area contributed by atoms with E-state index >= 15 is 0 Å². The lowest BCUT2D eigenvalue weighted by Crippen LogP contribution is -2.47. The monoisotopic (exact) mass is 454 g/mol. The number of rotatable bonds is 6. The fraction of sp³-hybridized carbons (Fsp3) is 0.333. The predicted molar refractivity (Wildman–Crippen MR) is 136 cm³/mol. The first-order chi connectivity index (χ1) is 16.5. The first-order valence-electron chi connectivity index (χ1n) is 11.9. The van der Waals surface area contributed by atoms with Crippen molar-refractivity contribution in [2.75, 3.05) is 36.0 Å². The van der Waals surface area contributed by atoms with E-state index in [4.69, 9.17) is 9.97 Å². The molecule has 0 amide bonds. The van der Waals surface area contributed by atoms with Gasteiger partial charge in [-0.3, -0.25) is 4.79 Å². The second kappa shape index (κ2) is 9.25. The van der Waals surface area contributed by atoms with Crippen molar-refractivity contribution >= 4 is 28.3 Å². The van der Waals surface area contributed by atoms with Crippen LogP contribution < -0.4 is 9.80 Å². The van der Waals surface area contributed by atoms with E-state index in [2.05, 4.69) is 40.9 Å². The Bertz CT molecular complexity index is 1290. The van der Waals surface area contributed by atoms with E-state index in [9.17, 15) is 4.79 Å². The number of Topliss-reactive ketones (excluding diaryl/α,β-unsaturated/α-hetero) is 1. The number of carbonyl (C=O) groups is 1. The van der Waals surface area contributed by atoms with Crippen molar-refractivity contribution in [2.45, 2.75) is 33.2 Å². The van der Waals surface area contributed by atoms with Crippen LogP contribution in [0, 0.1) is 0 Å². The number of carbonyl (C=O) groups excluding carboxylic acids is 1. The van der Waals surface area contributed by atoms with Crippen LogP contribution in [-0.2, 0) is 6.54 Å². The summed E-state index contributed by atoms with van der Waals surface area (Å²) in [6.45, 7) is 10.0. The van der Waals surface area contributed by atoms with Crippen LogP contribution in [0.1, 0.15) is 48.4 Å². The fourth-order valence-corrected chi connectivity index (χ4v) is 4.41. The Hall–Kier alpha value is -3.74. The maximum atomic E-state index is 11.6. The highest BCUT2D eigenvalue weighted by Crippen LogP contribution is 2.28. The van der Waals surface area contributed by atoms with E-state index in [1.807, 2.05) is 53.3 Å². The minimum atomic E-state index is 0.0953. The summed E-state index contributed by atoms with van der Waals surface area (Å²) in [6.07, 6.45) is 1.91. The van der Waals surface area contributed by atoms with Gasteiger partial charge in [-0.2, -0.15) is 5.10 Å². The third kappa shape index (κ3) is 4.38. The van der Waals surface area contributed by atoms with Crippen LogP contribution in [-0.4, -0.2) is 51.7 Å². The standard InChI is InChI=1S/C27H30N6O/c1-19(2)25-29-26(24-17-28-33(27(24)30-25)18-21-7-5-4-6-8-21)32-15-13-31(14-16-32)23-11-9-22(10-12-23)20(3)34/h4-12,17,19H,13-16,18H2,1-3H3. The first-order valence-corrected chi connectivity index (χ1v) is 11.9. The van der Waals surface area contributed by atoms with Crippen molar-refractivity contribution in [1.29, 1.82) is 0 Å². The normalized spacial score (nSPS) is 14.2. The molecule has 2 aromatic heterocycles. The summed E-state index contributed by atoms with van der Waals surface area (Å²) in [4.78, 5) is 26.2. The third-order valence-corrected chi connectivity index (χ3v) is 6.40. The maximum Gasteiger partial charge on any atom is 0.163 e. The minimum Gasteiger partial charge on any atom is -0.368 e. The molecule has 0 radical (unpaired) electrons. The molecule has 4 aromatic rings. The molecule has 174 valence electrons. The number of fused-ring (bicyclic) bond motifs is 1. The second-order valence-electron chi connectivity index (χ2n) is 9.16. The lowest BCUT2D eigenvalue weighted by molar-refractivity contribution is 0.101. The molecule has 1 fully saturated rings. The predicted octanol–water partition coefficient (Wildman–Crippen LogP) is 4.53. The number of piperazine rings is 1. The number of hydrogen-bond donors (Lipinski definition) is 0. The van der Waals surface area contributed by atoms with Gasteiger partial charge in [-0.25, -0.2) is 14.6 Å². The zero-order chi connectivity index (χ0) is 23.7. The van der Waals surface area contributed by atoms with Gasteiger partial charge in [-0.1, -0.05) is 44.2 Å². The number of nitrogens with zero attached hydrogens (tertiary/aromatic N) is 6. The Kier molecular flexibility index (Phi) is 6.01. The summed E-state index contributed by atoms with van der Waals surface area (Å²) in [5.41, 5.74) is 3.98. The van der Waals surface area contributed by atoms with Crippen LogP contribution in [0.25, 0.3) is 11.0 Å². The number of anilines is 2. The highest BCUT2D eigenvalue weighted by Gasteiger charge is 2.23. The van der Waals surface area contributed by atoms with Gasteiger partial charge in [0, 0.05) is 43.3 Å². The van der Waals surface area contributed by atoms with Gasteiger partial charge in [-0.05, 0) is 36.8 Å². The second-order valence-corrected chi connectivity index (χ2v) is 9.16. The van der Waals surface area contributed by atoms with Crippen LogP contribution in [0.3, 0.4) is 0 Å². The van der Waals surface area contributed by atoms with E-state index in [0.29, 0.717) is 6.54 Å². The molecule has 2 aromatic carbocycles. The highest BCUT2D eigenvalue weighted by atomic mass is 16.1. The molecule has 0 saturated carbocycles. The molecule has 3 heterocycles. The van der Waals surface area contributed by atoms with E-state index < -0.39 is 0 Å². The number of hydrogen-bond acceptors (Lipinski definition) is 6. The summed E-state index contributed by atoms with van der Waals surface area (Å²) in [5.74, 6) is 2.14. The Labute approximate surface area is 200 Å². The molecule has 0 atom stereocenters. The topological polar surface area (TPSA) is 67.2 Å². The summed E-state index contributed by atoms with van der Waals surface area (Å²) in [5, 5.41) is 5.68. The van der Waals surface area contributed by atoms with Gasteiger partial charge in [0.15, 0.2) is 11.4 Å². The Morgan fingerprint density at radius 3 is 2.24 bits per heavy atom. The molecule has 0 aliphatic carbocycles. The lowest BCUT2D eigenvalue weighted by atomic mass is 10.1. The molecule has 7 heteroatoms. The molecule has 0 spiro atoms. The van der Waals surface area contributed by atoms with Crippen LogP contribution in [0.4, 0.5) is 11.5 Å². The zero-order valence-electron chi connectivity index (χ0n) is 20.0. The first kappa shape index (κ1) is 22.1. The van der Waals surface area contributed by atoms with E-state index in [1.54, 1.807) is 6.92 Å². The van der Waals surface area contributed by atoms with Crippen molar-refractivity contribution in [1.82, 2.24) is 19.7 Å². The summed E-state index contributed by atoms with van der Waals surface area (Å²) in [6, 6.07) is 18.3. The molecule has 7 nitrogen and oxygen atoms in total. The molecule has 0 N–H and O–H groups in total. The van der Waals surface area contributed by atoms with Gasteiger partial charge >= 0.3 is 0 Å². The number of aromatic nitrogens is 4. The minimum absolute atomic E-state index is 0.0953. The molecule has 0 bridgehead atoms. The van der Waals surface area contributed by atoms with E-state index in [1.165, 1.54) is 5.56 Å². The highest BCUT2D eigenvalue weighted by molar-refractivity contribution is 5.94. The van der Waals surface area contributed by atoms with Gasteiger partial charge in [0.25, 0.3) is 0 Å². The van der Waals surface area contributed by atoms with Crippen molar-refractivity contribution in [3.8, 4) is 0 Å². The average molecular weight is 455 g/mol. The summed E-state index contributed by atoms with van der Waals surface area (Å²) >= 11 is 0. The van der Waals surface area contributed by atoms with Crippen molar-refractivity contribution < 1.29 is 4.79 Å². The summed E-state index contributed by atoms with van der Waals surface area (Å²) in [7, 11) is 0. The van der Waals surface area contributed by atoms with Crippen LogP contribution in [0.15, 0.2) is 60.8 Å². The van der Waals surface area contributed by atoms with Gasteiger partial charge < -0.3 is 9.80 Å². The molecule has 0 unspecified atom stereocenters. The Morgan fingerprint density at radius 2 is 1.59 bits per heavy atom. The largest absolute Gasteiger partial charge is 0.368 e.